The average molecular weight is 327 g/mol. The minimum absolute atomic E-state index is 0.135. The van der Waals surface area contributed by atoms with Gasteiger partial charge in [0.05, 0.1) is 17.6 Å². The molecule has 4 heteroatoms. The van der Waals surface area contributed by atoms with Crippen LogP contribution in [0.25, 0.3) is 21.8 Å². The zero-order valence-corrected chi connectivity index (χ0v) is 13.7. The Labute approximate surface area is 145 Å². The third kappa shape index (κ3) is 2.22. The Morgan fingerprint density at radius 2 is 1.72 bits per heavy atom. The van der Waals surface area contributed by atoms with E-state index in [0.29, 0.717) is 19.5 Å². The summed E-state index contributed by atoms with van der Waals surface area (Å²) in [7, 11) is 0. The van der Waals surface area contributed by atoms with E-state index in [1.807, 2.05) is 47.4 Å². The molecule has 1 aromatic heterocycles. The number of anilines is 1. The number of nitrogens with zero attached hydrogens (tertiary/aromatic N) is 3. The van der Waals surface area contributed by atoms with E-state index in [4.69, 9.17) is 4.98 Å². The third-order valence-electron chi connectivity index (χ3n) is 4.90. The van der Waals surface area contributed by atoms with Gasteiger partial charge in [-0.3, -0.25) is 9.69 Å². The molecule has 1 amide bonds. The highest BCUT2D eigenvalue weighted by molar-refractivity contribution is 6.06. The van der Waals surface area contributed by atoms with Gasteiger partial charge in [0.15, 0.2) is 0 Å². The number of rotatable bonds is 2. The molecule has 3 aromatic carbocycles. The van der Waals surface area contributed by atoms with Crippen molar-refractivity contribution in [3.8, 4) is 0 Å². The molecule has 0 fully saturated rings. The van der Waals surface area contributed by atoms with E-state index < -0.39 is 0 Å². The highest BCUT2D eigenvalue weighted by Crippen LogP contribution is 2.32. The van der Waals surface area contributed by atoms with Crippen LogP contribution in [-0.4, -0.2) is 15.5 Å². The van der Waals surface area contributed by atoms with Crippen molar-refractivity contribution in [1.29, 1.82) is 0 Å². The Kier molecular flexibility index (Phi) is 3.10. The summed E-state index contributed by atoms with van der Waals surface area (Å²) in [6.07, 6.45) is 0.512. The second-order valence-corrected chi connectivity index (χ2v) is 6.43. The normalized spacial score (nSPS) is 14.2. The van der Waals surface area contributed by atoms with E-state index in [0.717, 1.165) is 27.9 Å². The van der Waals surface area contributed by atoms with Crippen molar-refractivity contribution in [3.63, 3.8) is 0 Å². The van der Waals surface area contributed by atoms with Crippen molar-refractivity contribution >= 4 is 33.7 Å². The van der Waals surface area contributed by atoms with Gasteiger partial charge in [0.25, 0.3) is 0 Å². The molecular weight excluding hydrogens is 310 g/mol. The van der Waals surface area contributed by atoms with Gasteiger partial charge in [0.2, 0.25) is 11.9 Å². The van der Waals surface area contributed by atoms with Gasteiger partial charge in [-0.1, -0.05) is 60.7 Å². The molecule has 0 spiro atoms. The van der Waals surface area contributed by atoms with Gasteiger partial charge < -0.3 is 4.57 Å². The van der Waals surface area contributed by atoms with Crippen molar-refractivity contribution in [2.75, 3.05) is 4.90 Å². The van der Waals surface area contributed by atoms with Crippen molar-refractivity contribution in [2.24, 2.45) is 0 Å². The van der Waals surface area contributed by atoms with Crippen LogP contribution in [0.5, 0.6) is 0 Å². The molecular formula is C21H17N3O. The molecule has 0 bridgehead atoms. The maximum Gasteiger partial charge on any atom is 0.231 e. The van der Waals surface area contributed by atoms with Crippen LogP contribution in [-0.2, 0) is 17.9 Å². The fraction of sp³-hybridized carbons (Fsp3) is 0.143. The van der Waals surface area contributed by atoms with Crippen LogP contribution >= 0.6 is 0 Å². The van der Waals surface area contributed by atoms with Crippen molar-refractivity contribution in [1.82, 2.24) is 9.55 Å². The number of carbonyl (C=O) groups excluding carboxylic acids is 1. The van der Waals surface area contributed by atoms with E-state index in [9.17, 15) is 4.79 Å². The monoisotopic (exact) mass is 327 g/mol. The molecule has 0 aliphatic carbocycles. The first-order valence-corrected chi connectivity index (χ1v) is 8.53. The number of amides is 1. The van der Waals surface area contributed by atoms with Crippen LogP contribution in [0.2, 0.25) is 0 Å². The van der Waals surface area contributed by atoms with E-state index in [1.165, 1.54) is 5.39 Å². The summed E-state index contributed by atoms with van der Waals surface area (Å²) in [4.78, 5) is 19.3. The van der Waals surface area contributed by atoms with Gasteiger partial charge in [0, 0.05) is 18.4 Å². The third-order valence-corrected chi connectivity index (χ3v) is 4.90. The number of hydrogen-bond donors (Lipinski definition) is 0. The minimum atomic E-state index is 0.135. The number of aromatic nitrogens is 2. The van der Waals surface area contributed by atoms with Crippen LogP contribution in [0.1, 0.15) is 12.0 Å². The molecule has 0 saturated carbocycles. The number of benzene rings is 3. The summed E-state index contributed by atoms with van der Waals surface area (Å²) in [5, 5.41) is 2.31. The SMILES string of the molecule is O=C1CCn2c(nc3c4ccccc4ccc32)N1Cc1ccccc1. The van der Waals surface area contributed by atoms with Crippen LogP contribution in [0.3, 0.4) is 0 Å². The maximum atomic E-state index is 12.6. The number of carbonyl (C=O) groups is 1. The summed E-state index contributed by atoms with van der Waals surface area (Å²) in [6, 6.07) is 22.6. The lowest BCUT2D eigenvalue weighted by Crippen LogP contribution is -2.37. The quantitative estimate of drug-likeness (QED) is 0.555. The maximum absolute atomic E-state index is 12.6. The van der Waals surface area contributed by atoms with Gasteiger partial charge in [-0.25, -0.2) is 4.98 Å². The van der Waals surface area contributed by atoms with E-state index in [-0.39, 0.29) is 5.91 Å². The highest BCUT2D eigenvalue weighted by atomic mass is 16.2. The van der Waals surface area contributed by atoms with Gasteiger partial charge >= 0.3 is 0 Å². The fourth-order valence-electron chi connectivity index (χ4n) is 3.65. The molecule has 122 valence electrons. The number of aryl methyl sites for hydroxylation is 1. The van der Waals surface area contributed by atoms with Crippen molar-refractivity contribution in [3.05, 3.63) is 72.3 Å². The molecule has 4 nitrogen and oxygen atoms in total. The second kappa shape index (κ2) is 5.45. The molecule has 5 rings (SSSR count). The minimum Gasteiger partial charge on any atom is -0.309 e. The number of fused-ring (bicyclic) bond motifs is 5. The number of imidazole rings is 1. The van der Waals surface area contributed by atoms with Crippen LogP contribution < -0.4 is 4.90 Å². The lowest BCUT2D eigenvalue weighted by Gasteiger charge is -2.27. The summed E-state index contributed by atoms with van der Waals surface area (Å²) in [6.45, 7) is 1.25. The average Bonchev–Trinajstić information content (AvgIpc) is 3.04. The zero-order chi connectivity index (χ0) is 16.8. The molecule has 0 atom stereocenters. The number of hydrogen-bond acceptors (Lipinski definition) is 2. The van der Waals surface area contributed by atoms with Crippen LogP contribution in [0.15, 0.2) is 66.7 Å². The summed E-state index contributed by atoms with van der Waals surface area (Å²) < 4.78 is 2.17. The summed E-state index contributed by atoms with van der Waals surface area (Å²) >= 11 is 0. The van der Waals surface area contributed by atoms with E-state index in [1.54, 1.807) is 0 Å². The molecule has 0 unspecified atom stereocenters. The first-order chi connectivity index (χ1) is 12.3. The smallest absolute Gasteiger partial charge is 0.231 e. The largest absolute Gasteiger partial charge is 0.309 e. The lowest BCUT2D eigenvalue weighted by atomic mass is 10.1. The van der Waals surface area contributed by atoms with Gasteiger partial charge in [-0.15, -0.1) is 0 Å². The Morgan fingerprint density at radius 1 is 0.920 bits per heavy atom. The highest BCUT2D eigenvalue weighted by Gasteiger charge is 2.28. The molecule has 4 aromatic rings. The van der Waals surface area contributed by atoms with Gasteiger partial charge in [0.1, 0.15) is 0 Å². The topological polar surface area (TPSA) is 38.1 Å². The standard InChI is InChI=1S/C21H17N3O/c25-19-12-13-23-18-11-10-16-8-4-5-9-17(16)20(18)22-21(23)24(19)14-15-6-2-1-3-7-15/h1-11H,12-14H2. The van der Waals surface area contributed by atoms with Gasteiger partial charge in [-0.2, -0.15) is 0 Å². The molecule has 25 heavy (non-hydrogen) atoms. The first kappa shape index (κ1) is 14.2. The molecule has 1 aliphatic heterocycles. The molecule has 2 heterocycles. The molecule has 1 aliphatic rings. The van der Waals surface area contributed by atoms with Crippen LogP contribution in [0, 0.1) is 0 Å². The first-order valence-electron chi connectivity index (χ1n) is 8.53. The molecule has 0 radical (unpaired) electrons. The van der Waals surface area contributed by atoms with E-state index >= 15 is 0 Å². The van der Waals surface area contributed by atoms with Crippen LogP contribution in [0.4, 0.5) is 5.95 Å². The molecule has 0 saturated heterocycles. The Balaban J connectivity index is 1.69. The van der Waals surface area contributed by atoms with Crippen molar-refractivity contribution in [2.45, 2.75) is 19.5 Å². The predicted octanol–water partition coefficient (Wildman–Crippen LogP) is 4.13. The Hall–Kier alpha value is -3.14. The Bertz CT molecular complexity index is 1100. The fourth-order valence-corrected chi connectivity index (χ4v) is 3.65. The Morgan fingerprint density at radius 3 is 2.60 bits per heavy atom. The predicted molar refractivity (Wildman–Crippen MR) is 99.5 cm³/mol. The van der Waals surface area contributed by atoms with E-state index in [2.05, 4.69) is 28.8 Å². The zero-order valence-electron chi connectivity index (χ0n) is 13.7. The summed E-state index contributed by atoms with van der Waals surface area (Å²) in [5.74, 6) is 0.891. The molecule has 0 N–H and O–H groups in total. The van der Waals surface area contributed by atoms with Gasteiger partial charge in [-0.05, 0) is 17.0 Å². The van der Waals surface area contributed by atoms with Crippen molar-refractivity contribution < 1.29 is 4.79 Å². The lowest BCUT2D eigenvalue weighted by molar-refractivity contribution is -0.119. The second-order valence-electron chi connectivity index (χ2n) is 6.43. The summed E-state index contributed by atoms with van der Waals surface area (Å²) in [5.41, 5.74) is 3.18.